The third-order valence-electron chi connectivity index (χ3n) is 6.75. The highest BCUT2D eigenvalue weighted by Gasteiger charge is 2.11. The molecule has 0 radical (unpaired) electrons. The van der Waals surface area contributed by atoms with Crippen molar-refractivity contribution in [2.75, 3.05) is 0 Å². The van der Waals surface area contributed by atoms with E-state index in [1.807, 2.05) is 0 Å². The van der Waals surface area contributed by atoms with E-state index in [1.54, 1.807) is 0 Å². The van der Waals surface area contributed by atoms with E-state index in [0.29, 0.717) is 30.3 Å². The zero-order valence-corrected chi connectivity index (χ0v) is 22.0. The predicted octanol–water partition coefficient (Wildman–Crippen LogP) is 7.08. The molecule has 0 bridgehead atoms. The summed E-state index contributed by atoms with van der Waals surface area (Å²) in [4.78, 5) is 10.4. The van der Waals surface area contributed by atoms with Crippen molar-refractivity contribution in [1.82, 2.24) is 0 Å². The van der Waals surface area contributed by atoms with Crippen molar-refractivity contribution in [2.45, 2.75) is 156 Å². The summed E-state index contributed by atoms with van der Waals surface area (Å²) in [5.74, 6) is 1.19. The van der Waals surface area contributed by atoms with E-state index in [-0.39, 0.29) is 5.91 Å². The third-order valence-corrected chi connectivity index (χ3v) is 6.75. The average Bonchev–Trinajstić information content (AvgIpc) is 2.76. The van der Waals surface area contributed by atoms with E-state index >= 15 is 0 Å². The first-order valence-electron chi connectivity index (χ1n) is 13.6. The number of carbonyl (C=O) groups excluding carboxylic acids is 1. The van der Waals surface area contributed by atoms with Crippen LogP contribution in [0.3, 0.4) is 0 Å². The van der Waals surface area contributed by atoms with Gasteiger partial charge in [-0.3, -0.25) is 4.79 Å². The lowest BCUT2D eigenvalue weighted by Gasteiger charge is -2.19. The van der Waals surface area contributed by atoms with Crippen molar-refractivity contribution >= 4 is 5.91 Å². The fourth-order valence-corrected chi connectivity index (χ4v) is 3.95. The average molecular weight is 442 g/mol. The summed E-state index contributed by atoms with van der Waals surface area (Å²) in [6, 6.07) is 0.782. The molecule has 0 heterocycles. The molecule has 4 heteroatoms. The SMILES string of the molecule is CCC(N)C(C)CCCCCC(C)C(N)CC.CCCCCCCCCCCC(N)=O. The van der Waals surface area contributed by atoms with Crippen LogP contribution in [0.4, 0.5) is 0 Å². The van der Waals surface area contributed by atoms with Gasteiger partial charge in [-0.2, -0.15) is 0 Å². The second-order valence-corrected chi connectivity index (χ2v) is 9.78. The number of hydrogen-bond acceptors (Lipinski definition) is 3. The van der Waals surface area contributed by atoms with E-state index in [4.69, 9.17) is 17.2 Å². The van der Waals surface area contributed by atoms with Crippen LogP contribution in [-0.2, 0) is 4.79 Å². The molecule has 0 fully saturated rings. The number of hydrogen-bond donors (Lipinski definition) is 3. The molecule has 0 saturated heterocycles. The topological polar surface area (TPSA) is 95.1 Å². The Morgan fingerprint density at radius 2 is 0.968 bits per heavy atom. The normalized spacial score (nSPS) is 14.9. The summed E-state index contributed by atoms with van der Waals surface area (Å²) < 4.78 is 0. The van der Waals surface area contributed by atoms with Crippen molar-refractivity contribution < 1.29 is 4.79 Å². The van der Waals surface area contributed by atoms with Crippen molar-refractivity contribution in [2.24, 2.45) is 29.0 Å². The summed E-state index contributed by atoms with van der Waals surface area (Å²) >= 11 is 0. The molecule has 0 rings (SSSR count). The van der Waals surface area contributed by atoms with Crippen LogP contribution in [0.25, 0.3) is 0 Å². The van der Waals surface area contributed by atoms with Crippen LogP contribution in [0.5, 0.6) is 0 Å². The maximum atomic E-state index is 10.4. The van der Waals surface area contributed by atoms with Crippen LogP contribution >= 0.6 is 0 Å². The summed E-state index contributed by atoms with van der Waals surface area (Å²) in [6.45, 7) is 11.2. The molecule has 0 aliphatic carbocycles. The lowest BCUT2D eigenvalue weighted by molar-refractivity contribution is -0.118. The predicted molar refractivity (Wildman–Crippen MR) is 139 cm³/mol. The first-order valence-corrected chi connectivity index (χ1v) is 13.6. The molecule has 1 amide bonds. The Hall–Kier alpha value is -0.610. The second kappa shape index (κ2) is 24.0. The fourth-order valence-electron chi connectivity index (χ4n) is 3.95. The lowest BCUT2D eigenvalue weighted by atomic mass is 9.91. The van der Waals surface area contributed by atoms with Gasteiger partial charge in [0.15, 0.2) is 0 Å². The molecule has 0 aromatic rings. The van der Waals surface area contributed by atoms with Crippen LogP contribution < -0.4 is 17.2 Å². The van der Waals surface area contributed by atoms with Crippen LogP contribution in [0.15, 0.2) is 0 Å². The fraction of sp³-hybridized carbons (Fsp3) is 0.963. The Labute approximate surface area is 195 Å². The van der Waals surface area contributed by atoms with Gasteiger partial charge in [-0.1, -0.05) is 105 Å². The first-order chi connectivity index (χ1) is 14.8. The Balaban J connectivity index is 0. The molecule has 0 aromatic heterocycles. The molecule has 0 saturated carbocycles. The first kappa shape index (κ1) is 32.6. The van der Waals surface area contributed by atoms with E-state index in [1.165, 1.54) is 77.0 Å². The Morgan fingerprint density at radius 1 is 0.613 bits per heavy atom. The largest absolute Gasteiger partial charge is 0.370 e. The summed E-state index contributed by atoms with van der Waals surface area (Å²) in [5.41, 5.74) is 17.1. The van der Waals surface area contributed by atoms with Crippen LogP contribution in [0, 0.1) is 11.8 Å². The quantitative estimate of drug-likeness (QED) is 0.176. The molecular formula is C27H59N3O. The summed E-state index contributed by atoms with van der Waals surface area (Å²) in [5, 5.41) is 0. The van der Waals surface area contributed by atoms with Gasteiger partial charge in [-0.05, 0) is 43.9 Å². The molecule has 4 nitrogen and oxygen atoms in total. The third kappa shape index (κ3) is 23.9. The van der Waals surface area contributed by atoms with Gasteiger partial charge in [0.25, 0.3) is 0 Å². The monoisotopic (exact) mass is 441 g/mol. The second-order valence-electron chi connectivity index (χ2n) is 9.78. The summed E-state index contributed by atoms with van der Waals surface area (Å²) in [7, 11) is 0. The molecule has 0 aromatic carbocycles. The molecule has 188 valence electrons. The Morgan fingerprint density at radius 3 is 1.32 bits per heavy atom. The van der Waals surface area contributed by atoms with Crippen molar-refractivity contribution in [3.8, 4) is 0 Å². The maximum Gasteiger partial charge on any atom is 0.217 e. The van der Waals surface area contributed by atoms with Crippen molar-refractivity contribution in [3.05, 3.63) is 0 Å². The number of primary amides is 1. The van der Waals surface area contributed by atoms with Gasteiger partial charge >= 0.3 is 0 Å². The minimum absolute atomic E-state index is 0.159. The number of unbranched alkanes of at least 4 members (excludes halogenated alkanes) is 10. The highest BCUT2D eigenvalue weighted by molar-refractivity contribution is 5.73. The van der Waals surface area contributed by atoms with E-state index in [2.05, 4.69) is 34.6 Å². The number of nitrogens with two attached hydrogens (primary N) is 3. The molecule has 0 spiro atoms. The Bertz CT molecular complexity index is 357. The van der Waals surface area contributed by atoms with Gasteiger partial charge in [0, 0.05) is 18.5 Å². The number of amides is 1. The van der Waals surface area contributed by atoms with Gasteiger partial charge < -0.3 is 17.2 Å². The number of rotatable bonds is 20. The molecule has 0 aliphatic rings. The van der Waals surface area contributed by atoms with Gasteiger partial charge in [-0.15, -0.1) is 0 Å². The summed E-state index contributed by atoms with van der Waals surface area (Å²) in [6.07, 6.45) is 20.9. The van der Waals surface area contributed by atoms with Crippen LogP contribution in [-0.4, -0.2) is 18.0 Å². The standard InChI is InChI=1S/C15H34N2.C12H25NO/c1-5-14(16)12(3)10-8-7-9-11-13(4)15(17)6-2;1-2-3-4-5-6-7-8-9-10-11-12(13)14/h12-15H,5-11,16-17H2,1-4H3;2-11H2,1H3,(H2,13,14). The van der Waals surface area contributed by atoms with Gasteiger partial charge in [0.05, 0.1) is 0 Å². The molecule has 31 heavy (non-hydrogen) atoms. The van der Waals surface area contributed by atoms with Crippen molar-refractivity contribution in [3.63, 3.8) is 0 Å². The van der Waals surface area contributed by atoms with E-state index < -0.39 is 0 Å². The zero-order chi connectivity index (χ0) is 23.9. The van der Waals surface area contributed by atoms with Crippen molar-refractivity contribution in [1.29, 1.82) is 0 Å². The molecule has 4 atom stereocenters. The Kier molecular flexibility index (Phi) is 25.3. The van der Waals surface area contributed by atoms with Crippen LogP contribution in [0.1, 0.15) is 144 Å². The maximum absolute atomic E-state index is 10.4. The van der Waals surface area contributed by atoms with Gasteiger partial charge in [0.1, 0.15) is 0 Å². The number of carbonyl (C=O) groups is 1. The zero-order valence-electron chi connectivity index (χ0n) is 22.0. The van der Waals surface area contributed by atoms with Crippen LogP contribution in [0.2, 0.25) is 0 Å². The highest BCUT2D eigenvalue weighted by Crippen LogP contribution is 2.18. The van der Waals surface area contributed by atoms with Gasteiger partial charge in [-0.25, -0.2) is 0 Å². The molecular weight excluding hydrogens is 382 g/mol. The van der Waals surface area contributed by atoms with E-state index in [0.717, 1.165) is 25.7 Å². The van der Waals surface area contributed by atoms with Gasteiger partial charge in [0.2, 0.25) is 5.91 Å². The molecule has 0 aliphatic heterocycles. The van der Waals surface area contributed by atoms with E-state index in [9.17, 15) is 4.79 Å². The smallest absolute Gasteiger partial charge is 0.217 e. The minimum Gasteiger partial charge on any atom is -0.370 e. The molecule has 4 unspecified atom stereocenters. The lowest BCUT2D eigenvalue weighted by Crippen LogP contribution is -2.27. The molecule has 6 N–H and O–H groups in total. The minimum atomic E-state index is -0.159. The highest BCUT2D eigenvalue weighted by atomic mass is 16.1.